The monoisotopic (exact) mass is 413 g/mol. The number of aromatic nitrogens is 1. The zero-order valence-electron chi connectivity index (χ0n) is 14.4. The average Bonchev–Trinajstić information content (AvgIpc) is 3.11. The number of hydrogen-bond donors (Lipinski definition) is 2. The second-order valence-corrected chi connectivity index (χ2v) is 10.2. The number of carbonyl (C=O) groups is 1. The quantitative estimate of drug-likeness (QED) is 0.751. The summed E-state index contributed by atoms with van der Waals surface area (Å²) in [6, 6.07) is 7.06. The number of amides is 2. The van der Waals surface area contributed by atoms with Crippen LogP contribution in [-0.2, 0) is 9.84 Å². The molecule has 1 aliphatic rings. The maximum atomic E-state index is 12.1. The number of carbonyl (C=O) groups excluding carboxylic acids is 1. The third-order valence-electron chi connectivity index (χ3n) is 4.20. The fourth-order valence-electron chi connectivity index (χ4n) is 2.74. The summed E-state index contributed by atoms with van der Waals surface area (Å²) in [5.74, 6) is 0.207. The Hall–Kier alpha value is -1.64. The predicted molar refractivity (Wildman–Crippen MR) is 106 cm³/mol. The molecule has 0 unspecified atom stereocenters. The highest BCUT2D eigenvalue weighted by Gasteiger charge is 2.37. The van der Waals surface area contributed by atoms with Crippen LogP contribution in [0.5, 0.6) is 0 Å². The van der Waals surface area contributed by atoms with Crippen LogP contribution in [0.4, 0.5) is 9.93 Å². The van der Waals surface area contributed by atoms with Crippen LogP contribution in [0, 0.1) is 0 Å². The van der Waals surface area contributed by atoms with Crippen molar-refractivity contribution >= 4 is 43.9 Å². The molecular weight excluding hydrogens is 394 g/mol. The Labute approximate surface area is 161 Å². The van der Waals surface area contributed by atoms with E-state index >= 15 is 0 Å². The Morgan fingerprint density at radius 3 is 2.54 bits per heavy atom. The first-order valence-electron chi connectivity index (χ1n) is 8.21. The Bertz CT molecular complexity index is 894. The number of halogens is 1. The Morgan fingerprint density at radius 2 is 1.96 bits per heavy atom. The molecule has 140 valence electrons. The molecule has 9 heteroatoms. The highest BCUT2D eigenvalue weighted by Crippen LogP contribution is 2.26. The number of hydrogen-bond acceptors (Lipinski definition) is 5. The second-order valence-electron chi connectivity index (χ2n) is 6.61. The van der Waals surface area contributed by atoms with Gasteiger partial charge < -0.3 is 5.32 Å². The van der Waals surface area contributed by atoms with Crippen molar-refractivity contribution in [2.75, 3.05) is 16.8 Å². The Morgan fingerprint density at radius 1 is 1.27 bits per heavy atom. The van der Waals surface area contributed by atoms with Crippen LogP contribution in [0.3, 0.4) is 0 Å². The Kier molecular flexibility index (Phi) is 5.55. The second kappa shape index (κ2) is 7.54. The van der Waals surface area contributed by atoms with Crippen LogP contribution in [0.25, 0.3) is 11.3 Å². The minimum Gasteiger partial charge on any atom is -0.333 e. The summed E-state index contributed by atoms with van der Waals surface area (Å²) in [4.78, 5) is 16.5. The third-order valence-corrected chi connectivity index (χ3v) is 7.33. The van der Waals surface area contributed by atoms with Gasteiger partial charge in [-0.1, -0.05) is 38.1 Å². The van der Waals surface area contributed by atoms with Gasteiger partial charge in [0, 0.05) is 10.9 Å². The molecule has 0 radical (unpaired) electrons. The standard InChI is InChI=1S/C17H20ClN3O3S2/c1-10(2)11-3-5-12(6-4-11)14-7-25-17(20-14)21-16(22)19-15-9-26(23,24)8-13(15)18/h3-7,10,13,15H,8-9H2,1-2H3,(H2,19,20,21,22)/t13-,15-/m0/s1. The molecule has 2 heterocycles. The lowest BCUT2D eigenvalue weighted by Crippen LogP contribution is -2.42. The number of thiazole rings is 1. The summed E-state index contributed by atoms with van der Waals surface area (Å²) in [6.07, 6.45) is 0. The number of alkyl halides is 1. The summed E-state index contributed by atoms with van der Waals surface area (Å²) < 4.78 is 23.1. The van der Waals surface area contributed by atoms with E-state index in [0.29, 0.717) is 11.0 Å². The minimum absolute atomic E-state index is 0.118. The van der Waals surface area contributed by atoms with Gasteiger partial charge in [-0.2, -0.15) is 0 Å². The fourth-order valence-corrected chi connectivity index (χ4v) is 6.01. The molecule has 6 nitrogen and oxygen atoms in total. The number of anilines is 1. The highest BCUT2D eigenvalue weighted by molar-refractivity contribution is 7.91. The van der Waals surface area contributed by atoms with Crippen LogP contribution < -0.4 is 10.6 Å². The lowest BCUT2D eigenvalue weighted by atomic mass is 10.0. The molecule has 1 fully saturated rings. The van der Waals surface area contributed by atoms with Gasteiger partial charge in [0.15, 0.2) is 15.0 Å². The van der Waals surface area contributed by atoms with E-state index in [4.69, 9.17) is 11.6 Å². The van der Waals surface area contributed by atoms with Gasteiger partial charge in [-0.05, 0) is 11.5 Å². The van der Waals surface area contributed by atoms with Crippen molar-refractivity contribution in [3.05, 3.63) is 35.2 Å². The maximum absolute atomic E-state index is 12.1. The van der Waals surface area contributed by atoms with Gasteiger partial charge in [0.2, 0.25) is 0 Å². The first-order chi connectivity index (χ1) is 12.2. The van der Waals surface area contributed by atoms with Gasteiger partial charge in [0.1, 0.15) is 0 Å². The molecule has 2 amide bonds. The van der Waals surface area contributed by atoms with Gasteiger partial charge in [0.05, 0.1) is 28.6 Å². The lowest BCUT2D eigenvalue weighted by Gasteiger charge is -2.13. The smallest absolute Gasteiger partial charge is 0.321 e. The van der Waals surface area contributed by atoms with E-state index in [1.165, 1.54) is 16.9 Å². The summed E-state index contributed by atoms with van der Waals surface area (Å²) in [5, 5.41) is 6.94. The van der Waals surface area contributed by atoms with E-state index in [0.717, 1.165) is 11.3 Å². The molecular formula is C17H20ClN3O3S2. The molecule has 1 aliphatic heterocycles. The summed E-state index contributed by atoms with van der Waals surface area (Å²) >= 11 is 7.30. The van der Waals surface area contributed by atoms with Crippen LogP contribution in [0.2, 0.25) is 0 Å². The van der Waals surface area contributed by atoms with Crippen LogP contribution in [0.1, 0.15) is 25.3 Å². The average molecular weight is 414 g/mol. The molecule has 0 saturated carbocycles. The largest absolute Gasteiger partial charge is 0.333 e. The van der Waals surface area contributed by atoms with E-state index in [9.17, 15) is 13.2 Å². The fraction of sp³-hybridized carbons (Fsp3) is 0.412. The Balaban J connectivity index is 1.62. The maximum Gasteiger partial charge on any atom is 0.321 e. The van der Waals surface area contributed by atoms with E-state index < -0.39 is 27.3 Å². The number of sulfone groups is 1. The van der Waals surface area contributed by atoms with Gasteiger partial charge in [0.25, 0.3) is 0 Å². The van der Waals surface area contributed by atoms with E-state index in [1.807, 2.05) is 17.5 Å². The van der Waals surface area contributed by atoms with Crippen molar-refractivity contribution in [1.82, 2.24) is 10.3 Å². The van der Waals surface area contributed by atoms with Gasteiger partial charge in [-0.15, -0.1) is 22.9 Å². The third kappa shape index (κ3) is 4.55. The summed E-state index contributed by atoms with van der Waals surface area (Å²) in [5.41, 5.74) is 3.00. The molecule has 2 aromatic rings. The molecule has 26 heavy (non-hydrogen) atoms. The first-order valence-corrected chi connectivity index (χ1v) is 11.3. The van der Waals surface area contributed by atoms with Gasteiger partial charge >= 0.3 is 6.03 Å². The van der Waals surface area contributed by atoms with Gasteiger partial charge in [-0.25, -0.2) is 18.2 Å². The van der Waals surface area contributed by atoms with Crippen molar-refractivity contribution < 1.29 is 13.2 Å². The highest BCUT2D eigenvalue weighted by atomic mass is 35.5. The van der Waals surface area contributed by atoms with Gasteiger partial charge in [-0.3, -0.25) is 5.32 Å². The van der Waals surface area contributed by atoms with Crippen LogP contribution >= 0.6 is 22.9 Å². The SMILES string of the molecule is CC(C)c1ccc(-c2csc(NC(=O)N[C@H]3CS(=O)(=O)C[C@@H]3Cl)n2)cc1. The molecule has 0 aliphatic carbocycles. The number of urea groups is 1. The molecule has 1 saturated heterocycles. The normalized spacial score (nSPS) is 21.7. The lowest BCUT2D eigenvalue weighted by molar-refractivity contribution is 0.249. The zero-order valence-corrected chi connectivity index (χ0v) is 16.8. The molecule has 1 aromatic heterocycles. The number of benzene rings is 1. The summed E-state index contributed by atoms with van der Waals surface area (Å²) in [7, 11) is -3.19. The molecule has 0 bridgehead atoms. The van der Waals surface area contributed by atoms with E-state index in [2.05, 4.69) is 41.6 Å². The van der Waals surface area contributed by atoms with Crippen LogP contribution in [0.15, 0.2) is 29.6 Å². The van der Waals surface area contributed by atoms with E-state index in [1.54, 1.807) is 0 Å². The van der Waals surface area contributed by atoms with Crippen molar-refractivity contribution in [1.29, 1.82) is 0 Å². The van der Waals surface area contributed by atoms with Crippen molar-refractivity contribution in [3.63, 3.8) is 0 Å². The number of nitrogens with zero attached hydrogens (tertiary/aromatic N) is 1. The molecule has 3 rings (SSSR count). The zero-order chi connectivity index (χ0) is 18.9. The molecule has 1 aromatic carbocycles. The van der Waals surface area contributed by atoms with Crippen molar-refractivity contribution in [2.45, 2.75) is 31.2 Å². The molecule has 0 spiro atoms. The summed E-state index contributed by atoms with van der Waals surface area (Å²) in [6.45, 7) is 4.28. The predicted octanol–water partition coefficient (Wildman–Crippen LogP) is 3.46. The molecule has 2 atom stereocenters. The van der Waals surface area contributed by atoms with Crippen LogP contribution in [-0.4, -0.2) is 42.4 Å². The number of nitrogens with one attached hydrogen (secondary N) is 2. The first kappa shape index (κ1) is 19.1. The van der Waals surface area contributed by atoms with Crippen molar-refractivity contribution in [2.24, 2.45) is 0 Å². The molecule has 2 N–H and O–H groups in total. The minimum atomic E-state index is -3.19. The number of rotatable bonds is 4. The van der Waals surface area contributed by atoms with Crippen molar-refractivity contribution in [3.8, 4) is 11.3 Å². The van der Waals surface area contributed by atoms with E-state index in [-0.39, 0.29) is 11.5 Å². The topological polar surface area (TPSA) is 88.2 Å².